The van der Waals surface area contributed by atoms with Crippen molar-refractivity contribution in [3.05, 3.63) is 56.5 Å². The molecule has 0 spiro atoms. The summed E-state index contributed by atoms with van der Waals surface area (Å²) < 4.78 is 13.5. The molecule has 178 valence electrons. The highest BCUT2D eigenvalue weighted by Crippen LogP contribution is 2.45. The third kappa shape index (κ3) is 5.36. The molecule has 4 aromatic rings. The van der Waals surface area contributed by atoms with Crippen molar-refractivity contribution in [3.8, 4) is 21.1 Å². The van der Waals surface area contributed by atoms with E-state index in [4.69, 9.17) is 26.1 Å². The lowest BCUT2D eigenvalue weighted by Gasteiger charge is -2.29. The molecule has 1 atom stereocenters. The lowest BCUT2D eigenvalue weighted by Crippen LogP contribution is -2.29. The van der Waals surface area contributed by atoms with Gasteiger partial charge in [0, 0.05) is 21.5 Å². The van der Waals surface area contributed by atoms with Crippen molar-refractivity contribution in [1.82, 2.24) is 9.97 Å². The van der Waals surface area contributed by atoms with Gasteiger partial charge >= 0.3 is 5.97 Å². The minimum Gasteiger partial charge on any atom is -0.464 e. The molecule has 0 saturated carbocycles. The first-order valence-corrected chi connectivity index (χ1v) is 13.6. The second-order valence-corrected chi connectivity index (χ2v) is 11.8. The van der Waals surface area contributed by atoms with Gasteiger partial charge in [-0.25, -0.2) is 14.8 Å². The van der Waals surface area contributed by atoms with Gasteiger partial charge in [0.2, 0.25) is 0 Å². The highest BCUT2D eigenvalue weighted by atomic mass is 79.9. The fraction of sp³-hybridized carbons (Fsp3) is 0.320. The number of rotatable bonds is 6. The van der Waals surface area contributed by atoms with Gasteiger partial charge < -0.3 is 9.47 Å². The predicted octanol–water partition coefficient (Wildman–Crippen LogP) is 8.23. The topological polar surface area (TPSA) is 61.3 Å². The van der Waals surface area contributed by atoms with E-state index < -0.39 is 17.7 Å². The van der Waals surface area contributed by atoms with Gasteiger partial charge in [-0.05, 0) is 79.9 Å². The van der Waals surface area contributed by atoms with Crippen molar-refractivity contribution in [2.24, 2.45) is 0 Å². The van der Waals surface area contributed by atoms with E-state index in [0.717, 1.165) is 47.1 Å². The number of halogens is 2. The molecular weight excluding hydrogens is 556 g/mol. The molecule has 0 unspecified atom stereocenters. The predicted molar refractivity (Wildman–Crippen MR) is 144 cm³/mol. The average Bonchev–Trinajstić information content (AvgIpc) is 3.37. The fourth-order valence-electron chi connectivity index (χ4n) is 3.69. The van der Waals surface area contributed by atoms with Crippen LogP contribution in [0, 0.1) is 6.92 Å². The van der Waals surface area contributed by atoms with Crippen LogP contribution in [0.4, 0.5) is 0 Å². The molecule has 0 saturated heterocycles. The van der Waals surface area contributed by atoms with Crippen LogP contribution in [0.25, 0.3) is 31.4 Å². The number of aryl methyl sites for hydroxylation is 1. The molecule has 5 nitrogen and oxygen atoms in total. The summed E-state index contributed by atoms with van der Waals surface area (Å²) in [5, 5.41) is 4.23. The van der Waals surface area contributed by atoms with E-state index in [1.54, 1.807) is 18.3 Å². The van der Waals surface area contributed by atoms with Gasteiger partial charge in [0.05, 0.1) is 22.4 Å². The Bertz CT molecular complexity index is 1340. The Labute approximate surface area is 220 Å². The van der Waals surface area contributed by atoms with Crippen LogP contribution in [-0.4, -0.2) is 28.1 Å². The van der Waals surface area contributed by atoms with Crippen LogP contribution in [0.2, 0.25) is 5.02 Å². The number of nitrogens with zero attached hydrogens (tertiary/aromatic N) is 2. The van der Waals surface area contributed by atoms with Crippen molar-refractivity contribution in [2.75, 3.05) is 6.61 Å². The van der Waals surface area contributed by atoms with Gasteiger partial charge in [-0.2, -0.15) is 0 Å². The molecule has 0 aliphatic rings. The van der Waals surface area contributed by atoms with Crippen LogP contribution >= 0.6 is 50.2 Å². The van der Waals surface area contributed by atoms with Crippen LogP contribution in [0.15, 0.2) is 40.3 Å². The number of esters is 1. The Morgan fingerprint density at radius 1 is 1.18 bits per heavy atom. The minimum absolute atomic E-state index is 0.268. The molecule has 0 fully saturated rings. The highest BCUT2D eigenvalue weighted by molar-refractivity contribution is 9.10. The second kappa shape index (κ2) is 10.0. The van der Waals surface area contributed by atoms with E-state index in [9.17, 15) is 4.79 Å². The van der Waals surface area contributed by atoms with E-state index in [0.29, 0.717) is 5.02 Å². The summed E-state index contributed by atoms with van der Waals surface area (Å²) in [5.74, 6) is -0.413. The largest absolute Gasteiger partial charge is 0.464 e. The molecule has 2 aromatic carbocycles. The normalized spacial score (nSPS) is 12.8. The number of hydrogen-bond donors (Lipinski definition) is 0. The molecule has 9 heteroatoms. The van der Waals surface area contributed by atoms with Crippen molar-refractivity contribution < 1.29 is 14.3 Å². The van der Waals surface area contributed by atoms with E-state index in [2.05, 4.69) is 20.9 Å². The lowest BCUT2D eigenvalue weighted by molar-refractivity contribution is -0.166. The van der Waals surface area contributed by atoms with Gasteiger partial charge in [0.1, 0.15) is 4.60 Å². The zero-order valence-electron chi connectivity index (χ0n) is 19.4. The van der Waals surface area contributed by atoms with Crippen molar-refractivity contribution >= 4 is 66.4 Å². The molecule has 0 bridgehead atoms. The van der Waals surface area contributed by atoms with Crippen LogP contribution < -0.4 is 0 Å². The molecule has 0 radical (unpaired) electrons. The first-order valence-electron chi connectivity index (χ1n) is 10.7. The van der Waals surface area contributed by atoms with E-state index in [1.165, 1.54) is 11.3 Å². The quantitative estimate of drug-likeness (QED) is 0.215. The zero-order chi connectivity index (χ0) is 24.6. The number of carbonyl (C=O) groups excluding carboxylic acids is 1. The average molecular weight is 580 g/mol. The molecule has 0 N–H and O–H groups in total. The number of fused-ring (bicyclic) bond motifs is 1. The number of thiazole rings is 2. The Balaban J connectivity index is 2.02. The first-order chi connectivity index (χ1) is 16.1. The lowest BCUT2D eigenvalue weighted by atomic mass is 9.91. The van der Waals surface area contributed by atoms with Gasteiger partial charge in [0.25, 0.3) is 0 Å². The third-order valence-electron chi connectivity index (χ3n) is 4.95. The first kappa shape index (κ1) is 25.3. The van der Waals surface area contributed by atoms with E-state index >= 15 is 0 Å². The number of hydrogen-bond acceptors (Lipinski definition) is 7. The smallest absolute Gasteiger partial charge is 0.339 e. The summed E-state index contributed by atoms with van der Waals surface area (Å²) >= 11 is 12.7. The van der Waals surface area contributed by atoms with Crippen LogP contribution in [0.3, 0.4) is 0 Å². The van der Waals surface area contributed by atoms with Crippen molar-refractivity contribution in [2.45, 2.75) is 46.3 Å². The fourth-order valence-corrected chi connectivity index (χ4v) is 6.23. The standard InChI is InChI=1S/C25H24BrClN2O3S2/c1-6-31-24(30)20(32-25(3,4)5)18-13(2)11-16-21(19(18)14-7-9-15(27)10-8-14)34-23(28-16)22-29-17(26)12-33-22/h7-12,20H,6H2,1-5H3/t20-/m0/s1. The van der Waals surface area contributed by atoms with Gasteiger partial charge in [-0.15, -0.1) is 22.7 Å². The maximum atomic E-state index is 13.2. The van der Waals surface area contributed by atoms with Gasteiger partial charge in [0.15, 0.2) is 16.1 Å². The summed E-state index contributed by atoms with van der Waals surface area (Å²) in [7, 11) is 0. The number of carbonyl (C=O) groups is 1. The third-order valence-corrected chi connectivity index (χ3v) is 7.99. The molecule has 0 aliphatic carbocycles. The highest BCUT2D eigenvalue weighted by Gasteiger charge is 2.33. The number of ether oxygens (including phenoxy) is 2. The SMILES string of the molecule is CCOC(=O)[C@@H](OC(C)(C)C)c1c(C)cc2nc(-c3nc(Br)cs3)sc2c1-c1ccc(Cl)cc1. The summed E-state index contributed by atoms with van der Waals surface area (Å²) in [6.07, 6.45) is -0.894. The minimum atomic E-state index is -0.894. The molecule has 2 heterocycles. The molecule has 4 rings (SSSR count). The van der Waals surface area contributed by atoms with E-state index in [1.807, 2.05) is 63.4 Å². The van der Waals surface area contributed by atoms with Crippen LogP contribution in [-0.2, 0) is 14.3 Å². The summed E-state index contributed by atoms with van der Waals surface area (Å²) in [4.78, 5) is 22.6. The van der Waals surface area contributed by atoms with Gasteiger partial charge in [-0.1, -0.05) is 23.7 Å². The molecular formula is C25H24BrClN2O3S2. The summed E-state index contributed by atoms with van der Waals surface area (Å²) in [5.41, 5.74) is 3.78. The maximum Gasteiger partial charge on any atom is 0.339 e. The number of aromatic nitrogens is 2. The second-order valence-electron chi connectivity index (χ2n) is 8.69. The molecule has 0 aliphatic heterocycles. The summed E-state index contributed by atoms with van der Waals surface area (Å²) in [6, 6.07) is 9.61. The molecule has 2 aromatic heterocycles. The van der Waals surface area contributed by atoms with Gasteiger partial charge in [-0.3, -0.25) is 0 Å². The van der Waals surface area contributed by atoms with Crippen molar-refractivity contribution in [1.29, 1.82) is 0 Å². The Morgan fingerprint density at radius 2 is 1.88 bits per heavy atom. The maximum absolute atomic E-state index is 13.2. The number of benzene rings is 2. The Morgan fingerprint density at radius 3 is 2.47 bits per heavy atom. The van der Waals surface area contributed by atoms with Crippen LogP contribution in [0.1, 0.15) is 44.9 Å². The Hall–Kier alpha value is -1.84. The van der Waals surface area contributed by atoms with E-state index in [-0.39, 0.29) is 6.61 Å². The molecule has 0 amide bonds. The summed E-state index contributed by atoms with van der Waals surface area (Å²) in [6.45, 7) is 9.83. The zero-order valence-corrected chi connectivity index (χ0v) is 23.4. The molecule has 34 heavy (non-hydrogen) atoms. The van der Waals surface area contributed by atoms with Crippen molar-refractivity contribution in [3.63, 3.8) is 0 Å². The monoisotopic (exact) mass is 578 g/mol. The van der Waals surface area contributed by atoms with Crippen LogP contribution in [0.5, 0.6) is 0 Å². The Kier molecular flexibility index (Phi) is 7.45.